The first-order valence-corrected chi connectivity index (χ1v) is 10.0. The molecule has 0 aliphatic carbocycles. The van der Waals surface area contributed by atoms with Gasteiger partial charge >= 0.3 is 0 Å². The summed E-state index contributed by atoms with van der Waals surface area (Å²) in [5.41, 5.74) is 1.35. The molecule has 29 heavy (non-hydrogen) atoms. The van der Waals surface area contributed by atoms with Gasteiger partial charge in [0.2, 0.25) is 6.29 Å². The Balaban J connectivity index is 1.44. The van der Waals surface area contributed by atoms with E-state index in [1.165, 1.54) is 6.92 Å². The van der Waals surface area contributed by atoms with E-state index >= 15 is 0 Å². The smallest absolute Gasteiger partial charge is 0.229 e. The average Bonchev–Trinajstić information content (AvgIpc) is 2.72. The summed E-state index contributed by atoms with van der Waals surface area (Å²) in [6, 6.07) is 14.0. The minimum atomic E-state index is -1.31. The van der Waals surface area contributed by atoms with Gasteiger partial charge in [0.05, 0.1) is 6.61 Å². The number of ether oxygens (including phenoxy) is 4. The molecule has 0 amide bonds. The molecular formula is C21H21BrO7. The second-order valence-corrected chi connectivity index (χ2v) is 7.96. The van der Waals surface area contributed by atoms with Crippen LogP contribution in [0.3, 0.4) is 0 Å². The summed E-state index contributed by atoms with van der Waals surface area (Å²) < 4.78 is 24.0. The fourth-order valence-corrected chi connectivity index (χ4v) is 3.82. The molecule has 7 nitrogen and oxygen atoms in total. The van der Waals surface area contributed by atoms with Gasteiger partial charge in [-0.15, -0.1) is 0 Å². The van der Waals surface area contributed by atoms with Crippen LogP contribution in [0.2, 0.25) is 0 Å². The van der Waals surface area contributed by atoms with E-state index in [9.17, 15) is 15.0 Å². The van der Waals surface area contributed by atoms with Gasteiger partial charge in [-0.1, -0.05) is 28.1 Å². The maximum atomic E-state index is 11.4. The first-order valence-electron chi connectivity index (χ1n) is 9.24. The molecule has 2 aliphatic rings. The second kappa shape index (κ2) is 8.51. The highest BCUT2D eigenvalue weighted by molar-refractivity contribution is 9.10. The van der Waals surface area contributed by atoms with Crippen molar-refractivity contribution in [2.75, 3.05) is 6.61 Å². The molecule has 2 fully saturated rings. The summed E-state index contributed by atoms with van der Waals surface area (Å²) >= 11 is 3.41. The van der Waals surface area contributed by atoms with Gasteiger partial charge in [0.25, 0.3) is 0 Å². The van der Waals surface area contributed by atoms with Crippen molar-refractivity contribution in [2.45, 2.75) is 43.9 Å². The van der Waals surface area contributed by atoms with Crippen molar-refractivity contribution in [2.24, 2.45) is 0 Å². The standard InChI is InChI=1S/C21H21BrO7/c1-11(23)12-5-7-15(8-6-12)27-21-18(25)17(24)19-16(28-21)10-26-20(29-19)13-3-2-4-14(22)9-13/h2-9,16-21,24-25H,10H2,1H3/t16-,17-,18+,19-,20-,21-/m0/s1. The Morgan fingerprint density at radius 3 is 2.55 bits per heavy atom. The van der Waals surface area contributed by atoms with E-state index in [0.717, 1.165) is 10.0 Å². The molecule has 0 spiro atoms. The first-order chi connectivity index (χ1) is 13.9. The van der Waals surface area contributed by atoms with Gasteiger partial charge in [-0.05, 0) is 43.3 Å². The number of hydrogen-bond donors (Lipinski definition) is 2. The third-order valence-corrected chi connectivity index (χ3v) is 5.46. The molecule has 0 radical (unpaired) electrons. The van der Waals surface area contributed by atoms with Crippen molar-refractivity contribution in [3.8, 4) is 5.75 Å². The van der Waals surface area contributed by atoms with E-state index in [0.29, 0.717) is 11.3 Å². The lowest BCUT2D eigenvalue weighted by molar-refractivity contribution is -0.350. The SMILES string of the molecule is CC(=O)c1ccc(O[C@H]2O[C@H]3CO[C@H](c4cccc(Br)c4)O[C@@H]3[C@@H](O)[C@H]2O)cc1. The second-order valence-electron chi connectivity index (χ2n) is 7.04. The molecule has 0 aromatic heterocycles. The van der Waals surface area contributed by atoms with Crippen LogP contribution >= 0.6 is 15.9 Å². The van der Waals surface area contributed by atoms with Crippen molar-refractivity contribution in [1.82, 2.24) is 0 Å². The molecule has 0 unspecified atom stereocenters. The Labute approximate surface area is 176 Å². The lowest BCUT2D eigenvalue weighted by atomic mass is 9.98. The van der Waals surface area contributed by atoms with Gasteiger partial charge in [0.15, 0.2) is 12.1 Å². The Kier molecular flexibility index (Phi) is 6.00. The molecular weight excluding hydrogens is 444 g/mol. The van der Waals surface area contributed by atoms with Crippen LogP contribution in [0.15, 0.2) is 53.0 Å². The van der Waals surface area contributed by atoms with Crippen LogP contribution in [0.4, 0.5) is 0 Å². The zero-order valence-electron chi connectivity index (χ0n) is 15.6. The number of fused-ring (bicyclic) bond motifs is 1. The summed E-state index contributed by atoms with van der Waals surface area (Å²) in [6.07, 6.45) is -5.65. The quantitative estimate of drug-likeness (QED) is 0.671. The number of halogens is 1. The number of carbonyl (C=O) groups is 1. The lowest BCUT2D eigenvalue weighted by Gasteiger charge is -2.46. The number of aliphatic hydroxyl groups is 2. The molecule has 2 aromatic carbocycles. The minimum Gasteiger partial charge on any atom is -0.462 e. The molecule has 2 N–H and O–H groups in total. The molecule has 154 valence electrons. The summed E-state index contributed by atoms with van der Waals surface area (Å²) in [5, 5.41) is 21.1. The van der Waals surface area contributed by atoms with Crippen molar-refractivity contribution < 1.29 is 34.0 Å². The van der Waals surface area contributed by atoms with Crippen LogP contribution in [0.5, 0.6) is 5.75 Å². The van der Waals surface area contributed by atoms with Crippen LogP contribution in [-0.4, -0.2) is 53.3 Å². The number of Topliss-reactive ketones (excluding diaryl/α,β-unsaturated/α-hetero) is 1. The Morgan fingerprint density at radius 2 is 1.86 bits per heavy atom. The van der Waals surface area contributed by atoms with Crippen LogP contribution in [0.25, 0.3) is 0 Å². The Hall–Kier alpha value is -1.81. The highest BCUT2D eigenvalue weighted by Crippen LogP contribution is 2.35. The van der Waals surface area contributed by atoms with E-state index in [4.69, 9.17) is 18.9 Å². The van der Waals surface area contributed by atoms with Gasteiger partial charge in [-0.25, -0.2) is 0 Å². The van der Waals surface area contributed by atoms with Crippen molar-refractivity contribution in [1.29, 1.82) is 0 Å². The number of benzene rings is 2. The number of rotatable bonds is 4. The molecule has 2 heterocycles. The van der Waals surface area contributed by atoms with E-state index in [1.807, 2.05) is 24.3 Å². The van der Waals surface area contributed by atoms with Crippen molar-refractivity contribution >= 4 is 21.7 Å². The fraction of sp³-hybridized carbons (Fsp3) is 0.381. The van der Waals surface area contributed by atoms with Crippen LogP contribution in [-0.2, 0) is 14.2 Å². The van der Waals surface area contributed by atoms with Gasteiger partial charge in [0, 0.05) is 15.6 Å². The van der Waals surface area contributed by atoms with E-state index in [-0.39, 0.29) is 12.4 Å². The topological polar surface area (TPSA) is 94.5 Å². The summed E-state index contributed by atoms with van der Waals surface area (Å²) in [4.78, 5) is 11.4. The molecule has 6 atom stereocenters. The third-order valence-electron chi connectivity index (χ3n) is 4.97. The molecule has 4 rings (SSSR count). The van der Waals surface area contributed by atoms with Crippen LogP contribution in [0.1, 0.15) is 29.1 Å². The minimum absolute atomic E-state index is 0.0553. The van der Waals surface area contributed by atoms with Gasteiger partial charge in [0.1, 0.15) is 30.2 Å². The number of aliphatic hydroxyl groups excluding tert-OH is 2. The molecule has 8 heteroatoms. The predicted molar refractivity (Wildman–Crippen MR) is 105 cm³/mol. The third kappa shape index (κ3) is 4.37. The van der Waals surface area contributed by atoms with Crippen molar-refractivity contribution in [3.05, 3.63) is 64.1 Å². The van der Waals surface area contributed by atoms with Crippen molar-refractivity contribution in [3.63, 3.8) is 0 Å². The highest BCUT2D eigenvalue weighted by atomic mass is 79.9. The summed E-state index contributed by atoms with van der Waals surface area (Å²) in [7, 11) is 0. The predicted octanol–water partition coefficient (Wildman–Crippen LogP) is 2.59. The Bertz CT molecular complexity index is 870. The molecule has 2 saturated heterocycles. The molecule has 0 saturated carbocycles. The number of carbonyl (C=O) groups excluding carboxylic acids is 1. The largest absolute Gasteiger partial charge is 0.462 e. The van der Waals surface area contributed by atoms with Crippen LogP contribution < -0.4 is 4.74 Å². The normalized spacial score (nSPS) is 31.7. The maximum absolute atomic E-state index is 11.4. The number of ketones is 1. The average molecular weight is 465 g/mol. The molecule has 2 aliphatic heterocycles. The monoisotopic (exact) mass is 464 g/mol. The summed E-state index contributed by atoms with van der Waals surface area (Å²) in [6.45, 7) is 1.65. The zero-order valence-corrected chi connectivity index (χ0v) is 17.2. The fourth-order valence-electron chi connectivity index (χ4n) is 3.40. The number of hydrogen-bond acceptors (Lipinski definition) is 7. The highest BCUT2D eigenvalue weighted by Gasteiger charge is 2.49. The van der Waals surface area contributed by atoms with E-state index < -0.39 is 37.0 Å². The lowest BCUT2D eigenvalue weighted by Crippen LogP contribution is -2.62. The summed E-state index contributed by atoms with van der Waals surface area (Å²) in [5.74, 6) is 0.356. The van der Waals surface area contributed by atoms with E-state index in [1.54, 1.807) is 24.3 Å². The molecule has 0 bridgehead atoms. The Morgan fingerprint density at radius 1 is 1.10 bits per heavy atom. The zero-order chi connectivity index (χ0) is 20.5. The van der Waals surface area contributed by atoms with Gasteiger partial charge < -0.3 is 29.2 Å². The van der Waals surface area contributed by atoms with Gasteiger partial charge in [-0.3, -0.25) is 4.79 Å². The maximum Gasteiger partial charge on any atom is 0.229 e. The molecule has 2 aromatic rings. The first kappa shape index (κ1) is 20.5. The van der Waals surface area contributed by atoms with E-state index in [2.05, 4.69) is 15.9 Å². The van der Waals surface area contributed by atoms with Gasteiger partial charge in [-0.2, -0.15) is 0 Å². The van der Waals surface area contributed by atoms with Crippen LogP contribution in [0, 0.1) is 0 Å².